The summed E-state index contributed by atoms with van der Waals surface area (Å²) in [6.45, 7) is 11.5. The van der Waals surface area contributed by atoms with Crippen molar-refractivity contribution in [1.29, 1.82) is 0 Å². The molecular formula is C27H45BrO2. The van der Waals surface area contributed by atoms with Crippen molar-refractivity contribution < 1.29 is 10.2 Å². The molecule has 0 radical (unpaired) electrons. The van der Waals surface area contributed by atoms with E-state index in [0.29, 0.717) is 10.8 Å². The highest BCUT2D eigenvalue weighted by molar-refractivity contribution is 9.09. The number of allylic oxidation sites excluding steroid dienone is 1. The Bertz CT molecular complexity index is 666. The van der Waals surface area contributed by atoms with Crippen LogP contribution in [0, 0.1) is 40.4 Å². The molecular weight excluding hydrogens is 436 g/mol. The standard InChI is InChI=1S/C27H45BrO2/c1-17(6-11-24(28)25(2,3)30)21-9-10-22-20-8-7-18-16-19(29)12-14-26(18,4)23(20)13-15-27(21,22)5/h7,17,19-24,29-30H,6,8-16H2,1-5H3/t17-,19+,20+,21-,22+,23+,24?,26+,27-/m1/s1. The normalized spacial score (nSPS) is 45.7. The lowest BCUT2D eigenvalue weighted by atomic mass is 9.47. The Hall–Kier alpha value is 0.140. The molecule has 2 N–H and O–H groups in total. The van der Waals surface area contributed by atoms with Crippen LogP contribution in [0.2, 0.25) is 0 Å². The zero-order valence-corrected chi connectivity index (χ0v) is 21.5. The number of hydrogen-bond donors (Lipinski definition) is 2. The molecule has 0 aliphatic heterocycles. The molecule has 3 heteroatoms. The maximum atomic E-state index is 10.3. The first-order chi connectivity index (χ1) is 14.0. The molecule has 1 unspecified atom stereocenters. The Morgan fingerprint density at radius 2 is 1.83 bits per heavy atom. The van der Waals surface area contributed by atoms with Crippen LogP contribution in [0.5, 0.6) is 0 Å². The van der Waals surface area contributed by atoms with Crippen molar-refractivity contribution in [3.63, 3.8) is 0 Å². The topological polar surface area (TPSA) is 40.5 Å². The van der Waals surface area contributed by atoms with Gasteiger partial charge in [-0.1, -0.05) is 48.4 Å². The number of hydrogen-bond acceptors (Lipinski definition) is 2. The zero-order chi connectivity index (χ0) is 21.9. The third-order valence-corrected chi connectivity index (χ3v) is 12.1. The second kappa shape index (κ2) is 8.17. The van der Waals surface area contributed by atoms with E-state index in [4.69, 9.17) is 0 Å². The summed E-state index contributed by atoms with van der Waals surface area (Å²) in [7, 11) is 0. The lowest BCUT2D eigenvalue weighted by Gasteiger charge is -2.58. The van der Waals surface area contributed by atoms with Gasteiger partial charge in [-0.05, 0) is 118 Å². The first kappa shape index (κ1) is 23.3. The van der Waals surface area contributed by atoms with E-state index in [9.17, 15) is 10.2 Å². The molecule has 0 saturated heterocycles. The third kappa shape index (κ3) is 3.87. The summed E-state index contributed by atoms with van der Waals surface area (Å²) in [6.07, 6.45) is 14.7. The summed E-state index contributed by atoms with van der Waals surface area (Å²) >= 11 is 3.73. The average Bonchev–Trinajstić information content (AvgIpc) is 3.03. The number of rotatable bonds is 5. The molecule has 3 fully saturated rings. The van der Waals surface area contributed by atoms with Gasteiger partial charge in [0, 0.05) is 4.83 Å². The molecule has 30 heavy (non-hydrogen) atoms. The highest BCUT2D eigenvalue weighted by Gasteiger charge is 2.59. The summed E-state index contributed by atoms with van der Waals surface area (Å²) < 4.78 is 0. The van der Waals surface area contributed by atoms with Crippen LogP contribution >= 0.6 is 15.9 Å². The van der Waals surface area contributed by atoms with Crippen LogP contribution in [-0.4, -0.2) is 26.7 Å². The van der Waals surface area contributed by atoms with Crippen LogP contribution in [0.15, 0.2) is 11.6 Å². The van der Waals surface area contributed by atoms with Gasteiger partial charge in [-0.25, -0.2) is 0 Å². The van der Waals surface area contributed by atoms with E-state index in [1.165, 1.54) is 44.9 Å². The maximum Gasteiger partial charge on any atom is 0.0716 e. The van der Waals surface area contributed by atoms with E-state index < -0.39 is 5.60 Å². The number of aliphatic hydroxyl groups excluding tert-OH is 1. The second-order valence-electron chi connectivity index (χ2n) is 12.6. The molecule has 4 aliphatic carbocycles. The monoisotopic (exact) mass is 480 g/mol. The van der Waals surface area contributed by atoms with Crippen LogP contribution in [-0.2, 0) is 0 Å². The van der Waals surface area contributed by atoms with Gasteiger partial charge in [0.2, 0.25) is 0 Å². The molecule has 9 atom stereocenters. The molecule has 0 aromatic carbocycles. The highest BCUT2D eigenvalue weighted by Crippen LogP contribution is 2.67. The van der Waals surface area contributed by atoms with Crippen molar-refractivity contribution in [3.05, 3.63) is 11.6 Å². The van der Waals surface area contributed by atoms with Crippen LogP contribution in [0.1, 0.15) is 98.8 Å². The van der Waals surface area contributed by atoms with E-state index in [-0.39, 0.29) is 10.9 Å². The average molecular weight is 482 g/mol. The van der Waals surface area contributed by atoms with Gasteiger partial charge in [-0.2, -0.15) is 0 Å². The minimum atomic E-state index is -0.644. The molecule has 2 nitrogen and oxygen atoms in total. The van der Waals surface area contributed by atoms with E-state index in [1.54, 1.807) is 5.57 Å². The summed E-state index contributed by atoms with van der Waals surface area (Å²) in [5.74, 6) is 4.12. The van der Waals surface area contributed by atoms with Crippen LogP contribution in [0.4, 0.5) is 0 Å². The third-order valence-electron chi connectivity index (χ3n) is 10.5. The highest BCUT2D eigenvalue weighted by atomic mass is 79.9. The van der Waals surface area contributed by atoms with Gasteiger partial charge in [0.25, 0.3) is 0 Å². The van der Waals surface area contributed by atoms with Crippen molar-refractivity contribution >= 4 is 15.9 Å². The fourth-order valence-electron chi connectivity index (χ4n) is 8.58. The largest absolute Gasteiger partial charge is 0.393 e. The van der Waals surface area contributed by atoms with Gasteiger partial charge >= 0.3 is 0 Å². The lowest BCUT2D eigenvalue weighted by Crippen LogP contribution is -2.50. The molecule has 0 aromatic heterocycles. The molecule has 172 valence electrons. The lowest BCUT2D eigenvalue weighted by molar-refractivity contribution is -0.0574. The van der Waals surface area contributed by atoms with Gasteiger partial charge in [0.15, 0.2) is 0 Å². The molecule has 0 spiro atoms. The molecule has 0 bridgehead atoms. The molecule has 4 rings (SSSR count). The van der Waals surface area contributed by atoms with Crippen LogP contribution in [0.3, 0.4) is 0 Å². The van der Waals surface area contributed by atoms with Gasteiger partial charge in [0.05, 0.1) is 11.7 Å². The number of halogens is 1. The number of alkyl halides is 1. The summed E-state index contributed by atoms with van der Waals surface area (Å²) in [5.41, 5.74) is 1.79. The predicted octanol–water partition coefficient (Wildman–Crippen LogP) is 6.88. The Balaban J connectivity index is 1.47. The van der Waals surface area contributed by atoms with Crippen molar-refractivity contribution in [1.82, 2.24) is 0 Å². The van der Waals surface area contributed by atoms with Crippen LogP contribution in [0.25, 0.3) is 0 Å². The minimum absolute atomic E-state index is 0.103. The molecule has 3 saturated carbocycles. The van der Waals surface area contributed by atoms with E-state index in [1.807, 2.05) is 13.8 Å². The van der Waals surface area contributed by atoms with Gasteiger partial charge in [0.1, 0.15) is 0 Å². The van der Waals surface area contributed by atoms with Gasteiger partial charge in [-0.3, -0.25) is 0 Å². The minimum Gasteiger partial charge on any atom is -0.393 e. The second-order valence-corrected chi connectivity index (χ2v) is 13.7. The Kier molecular flexibility index (Phi) is 6.35. The molecule has 0 heterocycles. The fraction of sp³-hybridized carbons (Fsp3) is 0.926. The van der Waals surface area contributed by atoms with E-state index in [2.05, 4.69) is 42.8 Å². The van der Waals surface area contributed by atoms with Crippen LogP contribution < -0.4 is 0 Å². The summed E-state index contributed by atoms with van der Waals surface area (Å²) in [5, 5.41) is 20.5. The molecule has 4 aliphatic rings. The first-order valence-electron chi connectivity index (χ1n) is 12.7. The molecule has 0 amide bonds. The van der Waals surface area contributed by atoms with Gasteiger partial charge in [-0.15, -0.1) is 0 Å². The van der Waals surface area contributed by atoms with Gasteiger partial charge < -0.3 is 10.2 Å². The summed E-state index contributed by atoms with van der Waals surface area (Å²) in [6, 6.07) is 0. The number of aliphatic hydroxyl groups is 2. The van der Waals surface area contributed by atoms with E-state index in [0.717, 1.165) is 48.9 Å². The van der Waals surface area contributed by atoms with Crippen molar-refractivity contribution in [2.24, 2.45) is 40.4 Å². The fourth-order valence-corrected chi connectivity index (χ4v) is 8.84. The summed E-state index contributed by atoms with van der Waals surface area (Å²) in [4.78, 5) is 0.177. The smallest absolute Gasteiger partial charge is 0.0716 e. The SMILES string of the molecule is C[C@H](CCC(Br)C(C)(C)O)[C@H]1CC[C@H]2[C@@H]3CC=C4C[C@@H](O)CC[C@]4(C)[C@H]3CC[C@]12C. The number of fused-ring (bicyclic) bond motifs is 5. The first-order valence-corrected chi connectivity index (χ1v) is 13.6. The van der Waals surface area contributed by atoms with Crippen molar-refractivity contribution in [2.75, 3.05) is 0 Å². The zero-order valence-electron chi connectivity index (χ0n) is 20.0. The Morgan fingerprint density at radius 3 is 2.53 bits per heavy atom. The van der Waals surface area contributed by atoms with E-state index >= 15 is 0 Å². The van der Waals surface area contributed by atoms with Crippen molar-refractivity contribution in [2.45, 2.75) is 115 Å². The Labute approximate surface area is 193 Å². The quantitative estimate of drug-likeness (QED) is 0.332. The predicted molar refractivity (Wildman–Crippen MR) is 129 cm³/mol. The molecule has 0 aromatic rings. The Morgan fingerprint density at radius 1 is 1.10 bits per heavy atom. The maximum absolute atomic E-state index is 10.3. The van der Waals surface area contributed by atoms with Crippen molar-refractivity contribution in [3.8, 4) is 0 Å².